The van der Waals surface area contributed by atoms with E-state index in [9.17, 15) is 9.59 Å². The fraction of sp³-hybridized carbons (Fsp3) is 0.385. The number of rotatable bonds is 0. The summed E-state index contributed by atoms with van der Waals surface area (Å²) in [6.45, 7) is 1.28. The van der Waals surface area contributed by atoms with Crippen LogP contribution in [-0.2, 0) is 10.3 Å². The van der Waals surface area contributed by atoms with E-state index in [0.29, 0.717) is 49.1 Å². The first-order valence-corrected chi connectivity index (χ1v) is 6.39. The molecule has 0 aromatic heterocycles. The maximum absolute atomic E-state index is 12.2. The smallest absolute Gasteiger partial charge is 0.322 e. The van der Waals surface area contributed by atoms with E-state index >= 15 is 0 Å². The van der Waals surface area contributed by atoms with Crippen LogP contribution in [0.3, 0.4) is 0 Å². The van der Waals surface area contributed by atoms with Crippen molar-refractivity contribution in [3.63, 3.8) is 0 Å². The topological polar surface area (TPSA) is 85.9 Å². The molecule has 0 saturated carbocycles. The third-order valence-corrected chi connectivity index (χ3v) is 3.78. The van der Waals surface area contributed by atoms with Crippen molar-refractivity contribution in [2.45, 2.75) is 12.0 Å². The molecule has 4 rings (SSSR count). The minimum absolute atomic E-state index is 0.348. The Morgan fingerprint density at radius 3 is 2.35 bits per heavy atom. The second kappa shape index (κ2) is 3.78. The van der Waals surface area contributed by atoms with E-state index in [0.717, 1.165) is 0 Å². The number of imide groups is 1. The highest BCUT2D eigenvalue weighted by atomic mass is 16.6. The summed E-state index contributed by atoms with van der Waals surface area (Å²) >= 11 is 0. The Hall–Kier alpha value is -2.44. The van der Waals surface area contributed by atoms with Gasteiger partial charge in [-0.1, -0.05) is 0 Å². The van der Waals surface area contributed by atoms with Gasteiger partial charge in [0, 0.05) is 18.1 Å². The Morgan fingerprint density at radius 1 is 0.950 bits per heavy atom. The Kier molecular flexibility index (Phi) is 2.15. The summed E-state index contributed by atoms with van der Waals surface area (Å²) in [6.07, 6.45) is 0.386. The zero-order valence-electron chi connectivity index (χ0n) is 10.5. The number of benzene rings is 1. The van der Waals surface area contributed by atoms with Gasteiger partial charge < -0.3 is 19.5 Å². The van der Waals surface area contributed by atoms with Gasteiger partial charge in [0.2, 0.25) is 0 Å². The summed E-state index contributed by atoms with van der Waals surface area (Å²) in [5.74, 6) is 1.34. The number of nitrogens with one attached hydrogen (secondary N) is 2. The number of amides is 3. The van der Waals surface area contributed by atoms with Crippen LogP contribution >= 0.6 is 0 Å². The van der Waals surface area contributed by atoms with Crippen molar-refractivity contribution in [3.8, 4) is 17.2 Å². The van der Waals surface area contributed by atoms with E-state index in [2.05, 4.69) is 10.6 Å². The Bertz CT molecular complexity index is 629. The molecule has 1 fully saturated rings. The molecular weight excluding hydrogens is 264 g/mol. The van der Waals surface area contributed by atoms with Crippen LogP contribution in [0.1, 0.15) is 12.0 Å². The molecule has 20 heavy (non-hydrogen) atoms. The molecule has 3 heterocycles. The van der Waals surface area contributed by atoms with Crippen LogP contribution in [0.4, 0.5) is 4.79 Å². The van der Waals surface area contributed by atoms with E-state index < -0.39 is 11.6 Å². The van der Waals surface area contributed by atoms with Crippen LogP contribution in [0.5, 0.6) is 17.2 Å². The van der Waals surface area contributed by atoms with Gasteiger partial charge in [0.15, 0.2) is 17.0 Å². The molecule has 7 nitrogen and oxygen atoms in total. The molecule has 1 spiro atoms. The molecule has 0 radical (unpaired) electrons. The summed E-state index contributed by atoms with van der Waals surface area (Å²) in [4.78, 5) is 23.7. The molecule has 1 aromatic rings. The highest BCUT2D eigenvalue weighted by molar-refractivity contribution is 6.08. The van der Waals surface area contributed by atoms with Crippen LogP contribution in [0.15, 0.2) is 12.1 Å². The SMILES string of the molecule is O=C1NC(=O)C2(CCOc3cc4c(cc32)OCCO4)N1. The van der Waals surface area contributed by atoms with Gasteiger partial charge in [-0.05, 0) is 6.07 Å². The second-order valence-corrected chi connectivity index (χ2v) is 4.90. The number of ether oxygens (including phenoxy) is 3. The van der Waals surface area contributed by atoms with E-state index in [1.807, 2.05) is 0 Å². The van der Waals surface area contributed by atoms with Crippen molar-refractivity contribution in [1.82, 2.24) is 10.6 Å². The zero-order chi connectivity index (χ0) is 13.7. The zero-order valence-corrected chi connectivity index (χ0v) is 10.5. The molecule has 3 aliphatic rings. The second-order valence-electron chi connectivity index (χ2n) is 4.90. The molecule has 2 N–H and O–H groups in total. The average molecular weight is 276 g/mol. The van der Waals surface area contributed by atoms with E-state index in [4.69, 9.17) is 14.2 Å². The molecule has 104 valence electrons. The largest absolute Gasteiger partial charge is 0.493 e. The molecule has 3 aliphatic heterocycles. The first kappa shape index (κ1) is 11.4. The lowest BCUT2D eigenvalue weighted by atomic mass is 9.84. The summed E-state index contributed by atoms with van der Waals surface area (Å²) in [5, 5.41) is 4.99. The lowest BCUT2D eigenvalue weighted by Gasteiger charge is -2.34. The van der Waals surface area contributed by atoms with Crippen molar-refractivity contribution in [1.29, 1.82) is 0 Å². The molecule has 1 aromatic carbocycles. The van der Waals surface area contributed by atoms with Crippen molar-refractivity contribution < 1.29 is 23.8 Å². The fourth-order valence-corrected chi connectivity index (χ4v) is 2.83. The van der Waals surface area contributed by atoms with Gasteiger partial charge in [-0.3, -0.25) is 10.1 Å². The summed E-state index contributed by atoms with van der Waals surface area (Å²) in [7, 11) is 0. The fourth-order valence-electron chi connectivity index (χ4n) is 2.83. The normalized spacial score (nSPS) is 26.6. The van der Waals surface area contributed by atoms with Crippen molar-refractivity contribution >= 4 is 11.9 Å². The lowest BCUT2D eigenvalue weighted by Crippen LogP contribution is -2.47. The third kappa shape index (κ3) is 1.40. The molecule has 0 aliphatic carbocycles. The maximum atomic E-state index is 12.2. The molecule has 7 heteroatoms. The third-order valence-electron chi connectivity index (χ3n) is 3.78. The van der Waals surface area contributed by atoms with Gasteiger partial charge in [-0.2, -0.15) is 0 Å². The van der Waals surface area contributed by atoms with Crippen LogP contribution in [0, 0.1) is 0 Å². The molecule has 1 atom stereocenters. The predicted octanol–water partition coefficient (Wildman–Crippen LogP) is 0.275. The highest BCUT2D eigenvalue weighted by Gasteiger charge is 2.51. The number of carbonyl (C=O) groups excluding carboxylic acids is 2. The molecule has 3 amide bonds. The van der Waals surface area contributed by atoms with Crippen LogP contribution in [-0.4, -0.2) is 31.8 Å². The lowest BCUT2D eigenvalue weighted by molar-refractivity contribution is -0.125. The average Bonchev–Trinajstić information content (AvgIpc) is 2.72. The number of carbonyl (C=O) groups is 2. The standard InChI is InChI=1S/C13H12N2O5/c16-11-13(15-12(17)14-11)1-2-18-8-6-10-9(5-7(8)13)19-3-4-20-10/h5-6H,1-4H2,(H2,14,15,16,17). The molecule has 1 unspecified atom stereocenters. The van der Waals surface area contributed by atoms with Gasteiger partial charge >= 0.3 is 6.03 Å². The highest BCUT2D eigenvalue weighted by Crippen LogP contribution is 2.45. The number of urea groups is 1. The molecule has 0 bridgehead atoms. The van der Waals surface area contributed by atoms with Crippen molar-refractivity contribution in [3.05, 3.63) is 17.7 Å². The van der Waals surface area contributed by atoms with Gasteiger partial charge in [-0.15, -0.1) is 0 Å². The summed E-state index contributed by atoms with van der Waals surface area (Å²) in [5.41, 5.74) is -0.461. The van der Waals surface area contributed by atoms with Gasteiger partial charge in [0.05, 0.1) is 6.61 Å². The Balaban J connectivity index is 1.88. The van der Waals surface area contributed by atoms with Crippen molar-refractivity contribution in [2.75, 3.05) is 19.8 Å². The maximum Gasteiger partial charge on any atom is 0.322 e. The first-order chi connectivity index (χ1) is 9.69. The molecule has 1 saturated heterocycles. The summed E-state index contributed by atoms with van der Waals surface area (Å²) < 4.78 is 16.6. The van der Waals surface area contributed by atoms with E-state index in [1.54, 1.807) is 12.1 Å². The first-order valence-electron chi connectivity index (χ1n) is 6.39. The quantitative estimate of drug-likeness (QED) is 0.664. The summed E-state index contributed by atoms with van der Waals surface area (Å²) in [6, 6.07) is 2.94. The molecular formula is C13H12N2O5. The van der Waals surface area contributed by atoms with E-state index in [-0.39, 0.29) is 5.91 Å². The van der Waals surface area contributed by atoms with E-state index in [1.165, 1.54) is 0 Å². The van der Waals surface area contributed by atoms with Gasteiger partial charge in [-0.25, -0.2) is 4.79 Å². The Labute approximate surface area is 114 Å². The number of hydrogen-bond acceptors (Lipinski definition) is 5. The van der Waals surface area contributed by atoms with Crippen LogP contribution in [0.2, 0.25) is 0 Å². The predicted molar refractivity (Wildman–Crippen MR) is 65.9 cm³/mol. The monoisotopic (exact) mass is 276 g/mol. The minimum atomic E-state index is -1.07. The minimum Gasteiger partial charge on any atom is -0.493 e. The van der Waals surface area contributed by atoms with Crippen LogP contribution < -0.4 is 24.8 Å². The van der Waals surface area contributed by atoms with Crippen molar-refractivity contribution in [2.24, 2.45) is 0 Å². The number of fused-ring (bicyclic) bond motifs is 3. The number of hydrogen-bond donors (Lipinski definition) is 2. The van der Waals surface area contributed by atoms with Gasteiger partial charge in [0.25, 0.3) is 5.91 Å². The van der Waals surface area contributed by atoms with Crippen LogP contribution in [0.25, 0.3) is 0 Å². The Morgan fingerprint density at radius 2 is 1.65 bits per heavy atom. The van der Waals surface area contributed by atoms with Gasteiger partial charge in [0.1, 0.15) is 19.0 Å².